The van der Waals surface area contributed by atoms with Crippen LogP contribution in [0.25, 0.3) is 11.1 Å². The molecule has 0 spiro atoms. The molecule has 2 aromatic rings. The Bertz CT molecular complexity index is 485. The van der Waals surface area contributed by atoms with E-state index in [0.29, 0.717) is 5.82 Å². The van der Waals surface area contributed by atoms with Crippen LogP contribution in [0.1, 0.15) is 11.1 Å². The zero-order chi connectivity index (χ0) is 11.7. The number of nitrogens with zero attached hydrogens (tertiary/aromatic N) is 2. The van der Waals surface area contributed by atoms with Crippen molar-refractivity contribution >= 4 is 11.8 Å². The first-order valence-corrected chi connectivity index (χ1v) is 5.03. The molecule has 4 N–H and O–H groups in total. The molecule has 0 unspecified atom stereocenters. The van der Waals surface area contributed by atoms with Gasteiger partial charge in [0.1, 0.15) is 5.82 Å². The Kier molecular flexibility index (Phi) is 2.48. The quantitative estimate of drug-likeness (QED) is 0.760. The minimum absolute atomic E-state index is 0.200. The van der Waals surface area contributed by atoms with Crippen LogP contribution >= 0.6 is 0 Å². The van der Waals surface area contributed by atoms with E-state index in [0.717, 1.165) is 16.7 Å². The van der Waals surface area contributed by atoms with E-state index in [1.807, 2.05) is 19.1 Å². The molecule has 0 saturated heterocycles. The Hall–Kier alpha value is -2.10. The number of anilines is 2. The lowest BCUT2D eigenvalue weighted by atomic mass is 10.0. The highest BCUT2D eigenvalue weighted by Crippen LogP contribution is 2.27. The van der Waals surface area contributed by atoms with E-state index in [1.54, 1.807) is 6.20 Å². The van der Waals surface area contributed by atoms with Crippen LogP contribution in [0.3, 0.4) is 0 Å². The second-order valence-electron chi connectivity index (χ2n) is 3.85. The van der Waals surface area contributed by atoms with Gasteiger partial charge in [0.25, 0.3) is 0 Å². The number of aryl methyl sites for hydroxylation is 2. The van der Waals surface area contributed by atoms with E-state index in [9.17, 15) is 0 Å². The molecule has 0 fully saturated rings. The minimum Gasteiger partial charge on any atom is -0.383 e. The molecule has 0 radical (unpaired) electrons. The average molecular weight is 214 g/mol. The van der Waals surface area contributed by atoms with E-state index in [4.69, 9.17) is 11.5 Å². The number of nitrogens with two attached hydrogens (primary N) is 2. The molecule has 4 nitrogen and oxygen atoms in total. The van der Waals surface area contributed by atoms with Crippen LogP contribution in [0.5, 0.6) is 0 Å². The van der Waals surface area contributed by atoms with Crippen LogP contribution in [0.15, 0.2) is 24.4 Å². The number of aromatic nitrogens is 2. The summed E-state index contributed by atoms with van der Waals surface area (Å²) in [6.07, 6.45) is 1.66. The molecule has 4 heteroatoms. The third kappa shape index (κ3) is 1.82. The first-order valence-electron chi connectivity index (χ1n) is 5.03. The van der Waals surface area contributed by atoms with Crippen LogP contribution < -0.4 is 11.5 Å². The third-order valence-corrected chi connectivity index (χ3v) is 2.51. The van der Waals surface area contributed by atoms with Gasteiger partial charge >= 0.3 is 0 Å². The summed E-state index contributed by atoms with van der Waals surface area (Å²) < 4.78 is 0. The Labute approximate surface area is 94.3 Å². The summed E-state index contributed by atoms with van der Waals surface area (Å²) in [5, 5.41) is 0. The Morgan fingerprint density at radius 3 is 2.44 bits per heavy atom. The van der Waals surface area contributed by atoms with E-state index < -0.39 is 0 Å². The highest BCUT2D eigenvalue weighted by atomic mass is 15.0. The maximum Gasteiger partial charge on any atom is 0.221 e. The van der Waals surface area contributed by atoms with E-state index >= 15 is 0 Å². The second-order valence-corrected chi connectivity index (χ2v) is 3.85. The first kappa shape index (κ1) is 10.4. The van der Waals surface area contributed by atoms with Crippen molar-refractivity contribution in [2.75, 3.05) is 11.5 Å². The Balaban J connectivity index is 2.59. The van der Waals surface area contributed by atoms with Gasteiger partial charge in [-0.3, -0.25) is 0 Å². The van der Waals surface area contributed by atoms with Crippen LogP contribution in [-0.4, -0.2) is 9.97 Å². The molecule has 1 heterocycles. The van der Waals surface area contributed by atoms with Gasteiger partial charge in [-0.2, -0.15) is 4.98 Å². The van der Waals surface area contributed by atoms with Crippen molar-refractivity contribution in [3.63, 3.8) is 0 Å². The second kappa shape index (κ2) is 3.81. The molecule has 0 amide bonds. The van der Waals surface area contributed by atoms with Crippen LogP contribution in [0.4, 0.5) is 11.8 Å². The Morgan fingerprint density at radius 2 is 1.81 bits per heavy atom. The van der Waals surface area contributed by atoms with Crippen molar-refractivity contribution in [2.24, 2.45) is 0 Å². The fourth-order valence-corrected chi connectivity index (χ4v) is 1.73. The van der Waals surface area contributed by atoms with E-state index in [-0.39, 0.29) is 5.95 Å². The van der Waals surface area contributed by atoms with E-state index in [2.05, 4.69) is 23.0 Å². The van der Waals surface area contributed by atoms with Gasteiger partial charge < -0.3 is 11.5 Å². The molecule has 0 atom stereocenters. The lowest BCUT2D eigenvalue weighted by Gasteiger charge is -2.08. The normalized spacial score (nSPS) is 10.4. The molecule has 0 bridgehead atoms. The molecule has 0 saturated carbocycles. The predicted molar refractivity (Wildman–Crippen MR) is 65.8 cm³/mol. The maximum atomic E-state index is 5.83. The molecule has 82 valence electrons. The van der Waals surface area contributed by atoms with Gasteiger partial charge in [0.15, 0.2) is 0 Å². The summed E-state index contributed by atoms with van der Waals surface area (Å²) in [6, 6.07) is 6.17. The van der Waals surface area contributed by atoms with Crippen LogP contribution in [0, 0.1) is 13.8 Å². The number of hydrogen-bond donors (Lipinski definition) is 2. The highest BCUT2D eigenvalue weighted by Gasteiger charge is 2.07. The van der Waals surface area contributed by atoms with Gasteiger partial charge in [0.05, 0.1) is 0 Å². The summed E-state index contributed by atoms with van der Waals surface area (Å²) >= 11 is 0. The van der Waals surface area contributed by atoms with Gasteiger partial charge in [0.2, 0.25) is 5.95 Å². The summed E-state index contributed by atoms with van der Waals surface area (Å²) in [6.45, 7) is 4.09. The smallest absolute Gasteiger partial charge is 0.221 e. The molecule has 16 heavy (non-hydrogen) atoms. The summed E-state index contributed by atoms with van der Waals surface area (Å²) in [5.74, 6) is 0.616. The van der Waals surface area contributed by atoms with Gasteiger partial charge in [-0.15, -0.1) is 0 Å². The Morgan fingerprint density at radius 1 is 1.06 bits per heavy atom. The van der Waals surface area contributed by atoms with E-state index in [1.165, 1.54) is 5.56 Å². The molecular weight excluding hydrogens is 200 g/mol. The van der Waals surface area contributed by atoms with Crippen molar-refractivity contribution in [1.29, 1.82) is 0 Å². The summed E-state index contributed by atoms with van der Waals surface area (Å²) in [5.41, 5.74) is 15.5. The number of hydrogen-bond acceptors (Lipinski definition) is 4. The van der Waals surface area contributed by atoms with Crippen molar-refractivity contribution < 1.29 is 0 Å². The van der Waals surface area contributed by atoms with Crippen LogP contribution in [0.2, 0.25) is 0 Å². The lowest BCUT2D eigenvalue weighted by molar-refractivity contribution is 1.19. The molecule has 0 aliphatic carbocycles. The van der Waals surface area contributed by atoms with Crippen molar-refractivity contribution in [3.8, 4) is 11.1 Å². The summed E-state index contributed by atoms with van der Waals surface area (Å²) in [4.78, 5) is 7.92. The fourth-order valence-electron chi connectivity index (χ4n) is 1.73. The molecule has 0 aliphatic heterocycles. The molecule has 1 aromatic heterocycles. The molecule has 0 aliphatic rings. The average Bonchev–Trinajstić information content (AvgIpc) is 2.19. The van der Waals surface area contributed by atoms with Crippen molar-refractivity contribution in [1.82, 2.24) is 9.97 Å². The van der Waals surface area contributed by atoms with Gasteiger partial charge in [-0.25, -0.2) is 4.98 Å². The SMILES string of the molecule is Cc1ccc(-c2cnc(N)nc2N)c(C)c1. The third-order valence-electron chi connectivity index (χ3n) is 2.51. The number of nitrogen functional groups attached to an aromatic ring is 2. The topological polar surface area (TPSA) is 77.8 Å². The molecular formula is C12H14N4. The standard InChI is InChI=1S/C12H14N4/c1-7-3-4-9(8(2)5-7)10-6-15-12(14)16-11(10)13/h3-6H,1-2H3,(H4,13,14,15,16). The molecule has 2 rings (SSSR count). The first-order chi connectivity index (χ1) is 7.58. The van der Waals surface area contributed by atoms with Crippen LogP contribution in [-0.2, 0) is 0 Å². The van der Waals surface area contributed by atoms with Gasteiger partial charge in [-0.05, 0) is 25.0 Å². The molecule has 1 aromatic carbocycles. The van der Waals surface area contributed by atoms with Crippen molar-refractivity contribution in [3.05, 3.63) is 35.5 Å². The summed E-state index contributed by atoms with van der Waals surface area (Å²) in [7, 11) is 0. The lowest BCUT2D eigenvalue weighted by Crippen LogP contribution is -2.01. The fraction of sp³-hybridized carbons (Fsp3) is 0.167. The largest absolute Gasteiger partial charge is 0.383 e. The zero-order valence-corrected chi connectivity index (χ0v) is 9.36. The van der Waals surface area contributed by atoms with Gasteiger partial charge in [-0.1, -0.05) is 23.8 Å². The maximum absolute atomic E-state index is 5.83. The predicted octanol–water partition coefficient (Wildman–Crippen LogP) is 1.92. The monoisotopic (exact) mass is 214 g/mol. The number of benzene rings is 1. The van der Waals surface area contributed by atoms with Gasteiger partial charge in [0, 0.05) is 11.8 Å². The highest BCUT2D eigenvalue weighted by molar-refractivity contribution is 5.76. The number of rotatable bonds is 1. The minimum atomic E-state index is 0.200. The van der Waals surface area contributed by atoms with Crippen molar-refractivity contribution in [2.45, 2.75) is 13.8 Å². The zero-order valence-electron chi connectivity index (χ0n) is 9.36.